The molecular formula is C15H16N2O3. The van der Waals surface area contributed by atoms with Crippen molar-refractivity contribution in [2.75, 3.05) is 0 Å². The Labute approximate surface area is 116 Å². The van der Waals surface area contributed by atoms with Gasteiger partial charge in [0, 0.05) is 6.07 Å². The Morgan fingerprint density at radius 3 is 2.00 bits per heavy atom. The summed E-state index contributed by atoms with van der Waals surface area (Å²) in [7, 11) is 0. The summed E-state index contributed by atoms with van der Waals surface area (Å²) in [5.74, 6) is 2.65. The number of aromatic nitrogens is 1. The van der Waals surface area contributed by atoms with Gasteiger partial charge in [0.1, 0.15) is 11.5 Å². The van der Waals surface area contributed by atoms with E-state index in [0.717, 1.165) is 23.0 Å². The third-order valence-electron chi connectivity index (χ3n) is 2.98. The molecule has 0 unspecified atom stereocenters. The summed E-state index contributed by atoms with van der Waals surface area (Å²) < 4.78 is 16.1. The number of aryl methyl sites for hydroxylation is 1. The standard InChI is InChI=1S/C15H16N2O3/c1-12-8-15(20-16-12)11-17(9-13-4-2-6-18-13)10-14-5-3-7-19-14/h2-8H,9-11H2,1H3. The number of hydrogen-bond donors (Lipinski definition) is 0. The summed E-state index contributed by atoms with van der Waals surface area (Å²) in [6.45, 7) is 3.94. The van der Waals surface area contributed by atoms with Crippen LogP contribution in [0.2, 0.25) is 0 Å². The van der Waals surface area contributed by atoms with E-state index in [1.54, 1.807) is 12.5 Å². The molecule has 0 atom stereocenters. The van der Waals surface area contributed by atoms with Crippen LogP contribution in [0.25, 0.3) is 0 Å². The summed E-state index contributed by atoms with van der Waals surface area (Å²) in [5.41, 5.74) is 0.885. The monoisotopic (exact) mass is 272 g/mol. The zero-order chi connectivity index (χ0) is 13.8. The molecule has 5 nitrogen and oxygen atoms in total. The Balaban J connectivity index is 1.72. The first-order valence-electron chi connectivity index (χ1n) is 6.49. The highest BCUT2D eigenvalue weighted by Gasteiger charge is 2.13. The predicted octanol–water partition coefficient (Wildman–Crippen LogP) is 3.37. The molecule has 0 saturated heterocycles. The van der Waals surface area contributed by atoms with Gasteiger partial charge in [0.2, 0.25) is 0 Å². The van der Waals surface area contributed by atoms with Crippen molar-refractivity contribution in [1.29, 1.82) is 0 Å². The van der Waals surface area contributed by atoms with Gasteiger partial charge in [-0.1, -0.05) is 5.16 Å². The fourth-order valence-electron chi connectivity index (χ4n) is 2.12. The smallest absolute Gasteiger partial charge is 0.150 e. The van der Waals surface area contributed by atoms with Gasteiger partial charge in [-0.15, -0.1) is 0 Å². The topological polar surface area (TPSA) is 55.6 Å². The van der Waals surface area contributed by atoms with Crippen LogP contribution in [0.5, 0.6) is 0 Å². The van der Waals surface area contributed by atoms with Gasteiger partial charge in [-0.05, 0) is 31.2 Å². The van der Waals surface area contributed by atoms with E-state index >= 15 is 0 Å². The molecule has 0 amide bonds. The minimum atomic E-state index is 0.655. The van der Waals surface area contributed by atoms with Crippen LogP contribution in [-0.4, -0.2) is 10.1 Å². The largest absolute Gasteiger partial charge is 0.468 e. The van der Waals surface area contributed by atoms with Crippen LogP contribution >= 0.6 is 0 Å². The second kappa shape index (κ2) is 5.79. The van der Waals surface area contributed by atoms with E-state index in [4.69, 9.17) is 13.4 Å². The van der Waals surface area contributed by atoms with Crippen LogP contribution in [0.1, 0.15) is 23.0 Å². The normalized spacial score (nSPS) is 11.3. The van der Waals surface area contributed by atoms with E-state index in [1.165, 1.54) is 0 Å². The van der Waals surface area contributed by atoms with Crippen LogP contribution in [0.3, 0.4) is 0 Å². The maximum Gasteiger partial charge on any atom is 0.150 e. The molecule has 20 heavy (non-hydrogen) atoms. The third kappa shape index (κ3) is 3.19. The van der Waals surface area contributed by atoms with Gasteiger partial charge in [0.25, 0.3) is 0 Å². The molecule has 0 fully saturated rings. The van der Waals surface area contributed by atoms with Crippen molar-refractivity contribution in [2.45, 2.75) is 26.6 Å². The number of furan rings is 2. The molecule has 0 spiro atoms. The molecule has 3 aromatic heterocycles. The van der Waals surface area contributed by atoms with Gasteiger partial charge in [0.15, 0.2) is 5.76 Å². The van der Waals surface area contributed by atoms with Crippen molar-refractivity contribution in [2.24, 2.45) is 0 Å². The second-order valence-corrected chi connectivity index (χ2v) is 4.74. The average Bonchev–Trinajstić information content (AvgIpc) is 3.13. The molecular weight excluding hydrogens is 256 g/mol. The molecule has 0 N–H and O–H groups in total. The minimum Gasteiger partial charge on any atom is -0.468 e. The SMILES string of the molecule is Cc1cc(CN(Cc2ccco2)Cc2ccco2)on1. The van der Waals surface area contributed by atoms with Crippen LogP contribution in [0.15, 0.2) is 56.2 Å². The summed E-state index contributed by atoms with van der Waals surface area (Å²) in [5, 5.41) is 3.92. The number of hydrogen-bond acceptors (Lipinski definition) is 5. The molecule has 0 radical (unpaired) electrons. The summed E-state index contributed by atoms with van der Waals surface area (Å²) >= 11 is 0. The summed E-state index contributed by atoms with van der Waals surface area (Å²) in [4.78, 5) is 2.18. The molecule has 3 heterocycles. The van der Waals surface area contributed by atoms with Crippen molar-refractivity contribution in [3.63, 3.8) is 0 Å². The lowest BCUT2D eigenvalue weighted by Crippen LogP contribution is -2.21. The molecule has 0 aliphatic rings. The van der Waals surface area contributed by atoms with Gasteiger partial charge in [-0.25, -0.2) is 0 Å². The molecule has 104 valence electrons. The van der Waals surface area contributed by atoms with Crippen molar-refractivity contribution < 1.29 is 13.4 Å². The zero-order valence-corrected chi connectivity index (χ0v) is 11.3. The first-order chi connectivity index (χ1) is 9.79. The third-order valence-corrected chi connectivity index (χ3v) is 2.98. The zero-order valence-electron chi connectivity index (χ0n) is 11.3. The van der Waals surface area contributed by atoms with E-state index in [2.05, 4.69) is 10.1 Å². The Morgan fingerprint density at radius 2 is 1.55 bits per heavy atom. The van der Waals surface area contributed by atoms with Crippen molar-refractivity contribution in [3.05, 3.63) is 65.8 Å². The van der Waals surface area contributed by atoms with E-state index < -0.39 is 0 Å². The average molecular weight is 272 g/mol. The first kappa shape index (κ1) is 12.7. The molecule has 3 aromatic rings. The highest BCUT2D eigenvalue weighted by molar-refractivity contribution is 5.05. The molecule has 0 saturated carbocycles. The Hall–Kier alpha value is -2.27. The highest BCUT2D eigenvalue weighted by Crippen LogP contribution is 2.15. The quantitative estimate of drug-likeness (QED) is 0.688. The summed E-state index contributed by atoms with van der Waals surface area (Å²) in [6, 6.07) is 9.64. The molecule has 0 aromatic carbocycles. The van der Waals surface area contributed by atoms with Crippen molar-refractivity contribution in [1.82, 2.24) is 10.1 Å². The lowest BCUT2D eigenvalue weighted by Gasteiger charge is -2.18. The van der Waals surface area contributed by atoms with Crippen molar-refractivity contribution >= 4 is 0 Å². The van der Waals surface area contributed by atoms with Gasteiger partial charge in [-0.3, -0.25) is 4.90 Å². The highest BCUT2D eigenvalue weighted by atomic mass is 16.5. The lowest BCUT2D eigenvalue weighted by atomic mass is 10.3. The van der Waals surface area contributed by atoms with E-state index in [9.17, 15) is 0 Å². The van der Waals surface area contributed by atoms with Crippen LogP contribution < -0.4 is 0 Å². The van der Waals surface area contributed by atoms with Crippen LogP contribution in [0, 0.1) is 6.92 Å². The van der Waals surface area contributed by atoms with Crippen LogP contribution in [-0.2, 0) is 19.6 Å². The van der Waals surface area contributed by atoms with Gasteiger partial charge >= 0.3 is 0 Å². The number of rotatable bonds is 6. The van der Waals surface area contributed by atoms with E-state index in [-0.39, 0.29) is 0 Å². The predicted molar refractivity (Wildman–Crippen MR) is 71.6 cm³/mol. The maximum atomic E-state index is 5.41. The Morgan fingerprint density at radius 1 is 0.950 bits per heavy atom. The Kier molecular flexibility index (Phi) is 3.69. The molecule has 0 bridgehead atoms. The summed E-state index contributed by atoms with van der Waals surface area (Å²) in [6.07, 6.45) is 3.36. The maximum absolute atomic E-state index is 5.41. The molecule has 0 aliphatic carbocycles. The fraction of sp³-hybridized carbons (Fsp3) is 0.267. The van der Waals surface area contributed by atoms with E-state index in [0.29, 0.717) is 19.6 Å². The van der Waals surface area contributed by atoms with Crippen molar-refractivity contribution in [3.8, 4) is 0 Å². The first-order valence-corrected chi connectivity index (χ1v) is 6.49. The Bertz CT molecular complexity index is 590. The lowest BCUT2D eigenvalue weighted by molar-refractivity contribution is 0.187. The van der Waals surface area contributed by atoms with Crippen LogP contribution in [0.4, 0.5) is 0 Å². The number of nitrogens with zero attached hydrogens (tertiary/aromatic N) is 2. The van der Waals surface area contributed by atoms with Gasteiger partial charge in [-0.2, -0.15) is 0 Å². The minimum absolute atomic E-state index is 0.655. The second-order valence-electron chi connectivity index (χ2n) is 4.74. The fourth-order valence-corrected chi connectivity index (χ4v) is 2.12. The molecule has 5 heteroatoms. The molecule has 3 rings (SSSR count). The van der Waals surface area contributed by atoms with Gasteiger partial charge in [0.05, 0.1) is 37.9 Å². The van der Waals surface area contributed by atoms with Gasteiger partial charge < -0.3 is 13.4 Å². The molecule has 0 aliphatic heterocycles. The van der Waals surface area contributed by atoms with E-state index in [1.807, 2.05) is 37.3 Å².